The van der Waals surface area contributed by atoms with Gasteiger partial charge in [0.25, 0.3) is 0 Å². The number of hydrogen-bond acceptors (Lipinski definition) is 3. The van der Waals surface area contributed by atoms with Gasteiger partial charge in [-0.2, -0.15) is 0 Å². The highest BCUT2D eigenvalue weighted by Crippen LogP contribution is 2.21. The predicted molar refractivity (Wildman–Crippen MR) is 116 cm³/mol. The summed E-state index contributed by atoms with van der Waals surface area (Å²) in [6.07, 6.45) is 0.277. The van der Waals surface area contributed by atoms with Crippen molar-refractivity contribution in [2.24, 2.45) is 5.92 Å². The highest BCUT2D eigenvalue weighted by atomic mass is 16.5. The zero-order valence-corrected chi connectivity index (χ0v) is 18.3. The molecule has 0 aliphatic carbocycles. The largest absolute Gasteiger partial charge is 0.497 e. The summed E-state index contributed by atoms with van der Waals surface area (Å²) < 4.78 is 5.23. The van der Waals surface area contributed by atoms with Gasteiger partial charge in [-0.05, 0) is 36.8 Å². The van der Waals surface area contributed by atoms with Gasteiger partial charge in [-0.1, -0.05) is 29.8 Å². The van der Waals surface area contributed by atoms with Crippen LogP contribution in [0.2, 0.25) is 0 Å². The van der Waals surface area contributed by atoms with Crippen LogP contribution in [0.4, 0.5) is 0 Å². The number of benzene rings is 2. The van der Waals surface area contributed by atoms with E-state index in [1.54, 1.807) is 12.0 Å². The van der Waals surface area contributed by atoms with Gasteiger partial charge < -0.3 is 19.9 Å². The molecule has 1 fully saturated rings. The van der Waals surface area contributed by atoms with Gasteiger partial charge in [0.05, 0.1) is 33.7 Å². The molecule has 1 aliphatic rings. The highest BCUT2D eigenvalue weighted by molar-refractivity contribution is 5.89. The van der Waals surface area contributed by atoms with Crippen LogP contribution in [-0.4, -0.2) is 51.0 Å². The summed E-state index contributed by atoms with van der Waals surface area (Å²) >= 11 is 0. The Bertz CT molecular complexity index is 862. The maximum absolute atomic E-state index is 12.8. The van der Waals surface area contributed by atoms with E-state index in [0.717, 1.165) is 16.9 Å². The second-order valence-electron chi connectivity index (χ2n) is 8.31. The van der Waals surface area contributed by atoms with Crippen LogP contribution >= 0.6 is 0 Å². The number of likely N-dealkylation sites (tertiary alicyclic amines) is 1. The van der Waals surface area contributed by atoms with Gasteiger partial charge >= 0.3 is 0 Å². The van der Waals surface area contributed by atoms with Crippen LogP contribution < -0.4 is 15.0 Å². The number of carbonyl (C=O) groups is 2. The molecule has 0 bridgehead atoms. The van der Waals surface area contributed by atoms with Crippen LogP contribution in [0.3, 0.4) is 0 Å². The molecule has 30 heavy (non-hydrogen) atoms. The fourth-order valence-corrected chi connectivity index (χ4v) is 3.85. The first-order valence-corrected chi connectivity index (χ1v) is 10.4. The van der Waals surface area contributed by atoms with Crippen molar-refractivity contribution in [1.82, 2.24) is 10.2 Å². The van der Waals surface area contributed by atoms with E-state index in [1.165, 1.54) is 10.5 Å². The summed E-state index contributed by atoms with van der Waals surface area (Å²) in [5, 5.41) is 3.08. The summed E-state index contributed by atoms with van der Waals surface area (Å²) in [5.74, 6) is 0.514. The smallest absolute Gasteiger partial charge is 0.225 e. The number of ether oxygens (including phenoxy) is 1. The monoisotopic (exact) mass is 410 g/mol. The fourth-order valence-electron chi connectivity index (χ4n) is 3.85. The molecule has 1 aliphatic heterocycles. The first-order valence-electron chi connectivity index (χ1n) is 10.4. The van der Waals surface area contributed by atoms with Gasteiger partial charge in [0.15, 0.2) is 0 Å². The second-order valence-corrected chi connectivity index (χ2v) is 8.31. The molecular formula is C24H32N3O3+. The van der Waals surface area contributed by atoms with Crippen molar-refractivity contribution in [3.05, 3.63) is 65.2 Å². The molecule has 0 aromatic heterocycles. The summed E-state index contributed by atoms with van der Waals surface area (Å²) in [5.41, 5.74) is 3.42. The average Bonchev–Trinajstić information content (AvgIpc) is 3.10. The van der Waals surface area contributed by atoms with Crippen LogP contribution in [0.15, 0.2) is 48.5 Å². The van der Waals surface area contributed by atoms with E-state index in [4.69, 9.17) is 4.74 Å². The molecule has 3 rings (SSSR count). The van der Waals surface area contributed by atoms with Crippen molar-refractivity contribution in [2.75, 3.05) is 34.3 Å². The van der Waals surface area contributed by atoms with Crippen molar-refractivity contribution >= 4 is 11.8 Å². The molecule has 1 saturated heterocycles. The normalized spacial score (nSPS) is 17.3. The molecule has 6 heteroatoms. The first kappa shape index (κ1) is 21.8. The Morgan fingerprint density at radius 2 is 1.83 bits per heavy atom. The highest BCUT2D eigenvalue weighted by Gasteiger charge is 2.34. The number of rotatable bonds is 8. The topological polar surface area (TPSA) is 63.1 Å². The molecule has 2 atom stereocenters. The lowest BCUT2D eigenvalue weighted by molar-refractivity contribution is -0.890. The van der Waals surface area contributed by atoms with E-state index in [9.17, 15) is 9.59 Å². The number of quaternary nitrogens is 1. The lowest BCUT2D eigenvalue weighted by atomic mass is 10.0. The summed E-state index contributed by atoms with van der Waals surface area (Å²) in [6.45, 7) is 3.59. The van der Waals surface area contributed by atoms with E-state index in [1.807, 2.05) is 55.5 Å². The van der Waals surface area contributed by atoms with Crippen LogP contribution in [-0.2, 0) is 16.1 Å². The molecule has 2 amide bonds. The number of nitrogens with zero attached hydrogens (tertiary/aromatic N) is 1. The zero-order valence-electron chi connectivity index (χ0n) is 18.3. The van der Waals surface area contributed by atoms with Crippen LogP contribution in [0.25, 0.3) is 0 Å². The molecule has 0 saturated carbocycles. The van der Waals surface area contributed by atoms with Gasteiger partial charge in [0, 0.05) is 25.1 Å². The number of amides is 2. The fraction of sp³-hybridized carbons (Fsp3) is 0.417. The van der Waals surface area contributed by atoms with Crippen LogP contribution in [0.1, 0.15) is 29.2 Å². The van der Waals surface area contributed by atoms with Crippen molar-refractivity contribution < 1.29 is 19.2 Å². The molecule has 2 aromatic carbocycles. The predicted octanol–water partition coefficient (Wildman–Crippen LogP) is 1.35. The molecule has 0 spiro atoms. The van der Waals surface area contributed by atoms with Crippen molar-refractivity contribution in [3.8, 4) is 5.75 Å². The van der Waals surface area contributed by atoms with Crippen LogP contribution in [0.5, 0.6) is 5.75 Å². The lowest BCUT2D eigenvalue weighted by Gasteiger charge is -2.23. The second kappa shape index (κ2) is 9.76. The van der Waals surface area contributed by atoms with Crippen LogP contribution in [0, 0.1) is 12.8 Å². The number of likely N-dealkylation sites (N-methyl/N-ethyl adjacent to an activating group) is 1. The Kier molecular flexibility index (Phi) is 7.11. The average molecular weight is 411 g/mol. The quantitative estimate of drug-likeness (QED) is 0.691. The Hall–Kier alpha value is -2.86. The van der Waals surface area contributed by atoms with E-state index in [0.29, 0.717) is 19.6 Å². The third-order valence-corrected chi connectivity index (χ3v) is 5.77. The van der Waals surface area contributed by atoms with Gasteiger partial charge in [-0.3, -0.25) is 9.59 Å². The third-order valence-electron chi connectivity index (χ3n) is 5.77. The molecular weight excluding hydrogens is 378 g/mol. The molecule has 0 unspecified atom stereocenters. The van der Waals surface area contributed by atoms with Crippen molar-refractivity contribution in [2.45, 2.75) is 25.9 Å². The van der Waals surface area contributed by atoms with Gasteiger partial charge in [0.2, 0.25) is 11.8 Å². The Balaban J connectivity index is 1.56. The Morgan fingerprint density at radius 3 is 2.43 bits per heavy atom. The number of methoxy groups -OCH3 is 1. The summed E-state index contributed by atoms with van der Waals surface area (Å²) in [7, 11) is 5.79. The zero-order chi connectivity index (χ0) is 21.7. The van der Waals surface area contributed by atoms with E-state index in [-0.39, 0.29) is 30.2 Å². The minimum Gasteiger partial charge on any atom is -0.497 e. The molecule has 2 aromatic rings. The van der Waals surface area contributed by atoms with Gasteiger partial charge in [-0.15, -0.1) is 0 Å². The Labute approximate surface area is 178 Å². The van der Waals surface area contributed by atoms with Crippen molar-refractivity contribution in [3.63, 3.8) is 0 Å². The maximum Gasteiger partial charge on any atom is 0.225 e. The van der Waals surface area contributed by atoms with Crippen molar-refractivity contribution in [1.29, 1.82) is 0 Å². The van der Waals surface area contributed by atoms with E-state index < -0.39 is 0 Å². The lowest BCUT2D eigenvalue weighted by Crippen LogP contribution is -3.07. The minimum absolute atomic E-state index is 0.0423. The first-order chi connectivity index (χ1) is 14.4. The van der Waals surface area contributed by atoms with E-state index >= 15 is 0 Å². The SMILES string of the molecule is COc1ccc([C@@H](CNC(=O)[C@H]2CC(=O)N(Cc3ccc(C)cc3)C2)[NH+](C)C)cc1. The maximum atomic E-state index is 12.8. The minimum atomic E-state index is -0.295. The number of aryl methyl sites for hydroxylation is 1. The molecule has 2 N–H and O–H groups in total. The number of hydrogen-bond donors (Lipinski definition) is 2. The van der Waals surface area contributed by atoms with Gasteiger partial charge in [-0.25, -0.2) is 0 Å². The number of nitrogens with one attached hydrogen (secondary N) is 2. The summed E-state index contributed by atoms with van der Waals surface area (Å²) in [4.78, 5) is 28.2. The third kappa shape index (κ3) is 5.39. The summed E-state index contributed by atoms with van der Waals surface area (Å²) in [6, 6.07) is 16.2. The molecule has 6 nitrogen and oxygen atoms in total. The Morgan fingerprint density at radius 1 is 1.17 bits per heavy atom. The van der Waals surface area contributed by atoms with Gasteiger partial charge in [0.1, 0.15) is 11.8 Å². The van der Waals surface area contributed by atoms with E-state index in [2.05, 4.69) is 19.4 Å². The molecule has 1 heterocycles. The molecule has 160 valence electrons. The standard InChI is InChI=1S/C24H31N3O3/c1-17-5-7-18(8-6-17)15-27-16-20(13-23(27)28)24(29)25-14-22(26(2)3)19-9-11-21(30-4)12-10-19/h5-12,20,22H,13-16H2,1-4H3,(H,25,29)/p+1/t20-,22+/m0/s1. The molecule has 0 radical (unpaired) electrons. The number of carbonyl (C=O) groups excluding carboxylic acids is 2.